The molecule has 7 heteroatoms. The summed E-state index contributed by atoms with van der Waals surface area (Å²) in [4.78, 5) is 38.1. The topological polar surface area (TPSA) is 99.1 Å². The lowest BCUT2D eigenvalue weighted by Gasteiger charge is -2.63. The normalized spacial score (nSPS) is 43.7. The molecule has 0 amide bonds. The van der Waals surface area contributed by atoms with Gasteiger partial charge in [0.25, 0.3) is 0 Å². The fourth-order valence-electron chi connectivity index (χ4n) is 9.75. The molecule has 0 aromatic rings. The highest BCUT2D eigenvalue weighted by atomic mass is 16.7. The minimum Gasteiger partial charge on any atom is -0.469 e. The highest BCUT2D eigenvalue weighted by Gasteiger charge is 2.67. The predicted molar refractivity (Wildman–Crippen MR) is 138 cm³/mol. The predicted octanol–water partition coefficient (Wildman–Crippen LogP) is 5.56. The number of aliphatic hydroxyl groups is 1. The van der Waals surface area contributed by atoms with Gasteiger partial charge in [0.15, 0.2) is 0 Å². The summed E-state index contributed by atoms with van der Waals surface area (Å²) in [6.07, 6.45) is 5.55. The van der Waals surface area contributed by atoms with Crippen molar-refractivity contribution < 1.29 is 33.7 Å². The van der Waals surface area contributed by atoms with Crippen LogP contribution in [0.5, 0.6) is 0 Å². The molecule has 4 rings (SSSR count). The molecule has 0 spiro atoms. The van der Waals surface area contributed by atoms with Gasteiger partial charge >= 0.3 is 12.1 Å². The molecule has 37 heavy (non-hydrogen) atoms. The van der Waals surface area contributed by atoms with Crippen molar-refractivity contribution in [1.82, 2.24) is 0 Å². The van der Waals surface area contributed by atoms with E-state index in [-0.39, 0.29) is 59.1 Å². The standard InChI is InChI=1S/C30H48O7/c1-7-19-22-15-18(37-28(34)36-8-2)13-14-29(22,4)26-23(31)16-30(5)20(17(3)9-12-24(32)35-6)10-11-21(30)25(26)27(19)33/h17-23,25-26,31H,7-16H2,1-6H3/t17?,18-,19-,20-,21+,22+,23+,25+,26+,29+,30-/m1/s1. The van der Waals surface area contributed by atoms with Gasteiger partial charge in [0.2, 0.25) is 0 Å². The number of carbonyl (C=O) groups excluding carboxylic acids is 3. The average molecular weight is 521 g/mol. The quantitative estimate of drug-likeness (QED) is 0.439. The number of esters is 1. The Morgan fingerprint density at radius 1 is 1.11 bits per heavy atom. The van der Waals surface area contributed by atoms with Crippen LogP contribution < -0.4 is 0 Å². The van der Waals surface area contributed by atoms with Crippen LogP contribution in [0, 0.1) is 52.3 Å². The van der Waals surface area contributed by atoms with Gasteiger partial charge in [-0.05, 0) is 92.8 Å². The number of carbonyl (C=O) groups is 3. The van der Waals surface area contributed by atoms with Crippen molar-refractivity contribution in [3.63, 3.8) is 0 Å². The second-order valence-electron chi connectivity index (χ2n) is 12.9. The van der Waals surface area contributed by atoms with E-state index in [4.69, 9.17) is 14.2 Å². The second kappa shape index (κ2) is 10.9. The monoisotopic (exact) mass is 520 g/mol. The molecule has 4 saturated carbocycles. The summed E-state index contributed by atoms with van der Waals surface area (Å²) in [5.74, 6) is 0.953. The highest BCUT2D eigenvalue weighted by Crippen LogP contribution is 2.68. The first-order valence-electron chi connectivity index (χ1n) is 14.6. The molecule has 0 heterocycles. The third-order valence-electron chi connectivity index (χ3n) is 11.4. The molecule has 1 unspecified atom stereocenters. The Hall–Kier alpha value is -1.63. The van der Waals surface area contributed by atoms with E-state index in [0.717, 1.165) is 38.5 Å². The van der Waals surface area contributed by atoms with Crippen LogP contribution in [0.4, 0.5) is 4.79 Å². The van der Waals surface area contributed by atoms with Gasteiger partial charge in [-0.15, -0.1) is 0 Å². The van der Waals surface area contributed by atoms with Crippen LogP contribution in [0.25, 0.3) is 0 Å². The summed E-state index contributed by atoms with van der Waals surface area (Å²) in [6.45, 7) is 11.0. The molecule has 7 nitrogen and oxygen atoms in total. The van der Waals surface area contributed by atoms with Gasteiger partial charge in [-0.25, -0.2) is 4.79 Å². The van der Waals surface area contributed by atoms with Crippen molar-refractivity contribution >= 4 is 17.9 Å². The zero-order chi connectivity index (χ0) is 27.1. The molecule has 4 aliphatic rings. The van der Waals surface area contributed by atoms with Crippen LogP contribution in [0.15, 0.2) is 0 Å². The molecule has 4 aliphatic carbocycles. The Labute approximate surface area is 222 Å². The van der Waals surface area contributed by atoms with E-state index >= 15 is 0 Å². The van der Waals surface area contributed by atoms with Crippen LogP contribution in [-0.4, -0.2) is 48.9 Å². The third-order valence-corrected chi connectivity index (χ3v) is 11.4. The Kier molecular flexibility index (Phi) is 8.33. The maximum atomic E-state index is 14.3. The van der Waals surface area contributed by atoms with Gasteiger partial charge < -0.3 is 19.3 Å². The Balaban J connectivity index is 1.59. The molecule has 1 N–H and O–H groups in total. The minimum atomic E-state index is -0.629. The van der Waals surface area contributed by atoms with E-state index in [9.17, 15) is 19.5 Å². The van der Waals surface area contributed by atoms with Crippen LogP contribution in [0.3, 0.4) is 0 Å². The van der Waals surface area contributed by atoms with Gasteiger partial charge in [0, 0.05) is 24.2 Å². The van der Waals surface area contributed by atoms with E-state index in [1.165, 1.54) is 7.11 Å². The van der Waals surface area contributed by atoms with E-state index in [0.29, 0.717) is 36.9 Å². The molecule has 0 bridgehead atoms. The van der Waals surface area contributed by atoms with Gasteiger partial charge in [-0.3, -0.25) is 9.59 Å². The van der Waals surface area contributed by atoms with Crippen LogP contribution >= 0.6 is 0 Å². The lowest BCUT2D eigenvalue weighted by molar-refractivity contribution is -0.198. The summed E-state index contributed by atoms with van der Waals surface area (Å²) < 4.78 is 15.5. The highest BCUT2D eigenvalue weighted by molar-refractivity contribution is 5.86. The first kappa shape index (κ1) is 28.4. The second-order valence-corrected chi connectivity index (χ2v) is 12.9. The van der Waals surface area contributed by atoms with E-state index < -0.39 is 12.3 Å². The van der Waals surface area contributed by atoms with Crippen molar-refractivity contribution in [2.75, 3.05) is 13.7 Å². The number of hydrogen-bond donors (Lipinski definition) is 1. The Morgan fingerprint density at radius 3 is 2.49 bits per heavy atom. The number of ether oxygens (including phenoxy) is 3. The average Bonchev–Trinajstić information content (AvgIpc) is 3.19. The molecule has 210 valence electrons. The summed E-state index contributed by atoms with van der Waals surface area (Å²) in [5.41, 5.74) is -0.277. The summed E-state index contributed by atoms with van der Waals surface area (Å²) >= 11 is 0. The number of rotatable bonds is 7. The first-order chi connectivity index (χ1) is 17.5. The summed E-state index contributed by atoms with van der Waals surface area (Å²) in [5, 5.41) is 11.8. The van der Waals surface area contributed by atoms with E-state index in [1.807, 2.05) is 0 Å². The minimum absolute atomic E-state index is 0.0569. The number of hydrogen-bond acceptors (Lipinski definition) is 7. The largest absolute Gasteiger partial charge is 0.508 e. The zero-order valence-electron chi connectivity index (χ0n) is 23.7. The number of aliphatic hydroxyl groups excluding tert-OH is 1. The van der Waals surface area contributed by atoms with Crippen LogP contribution in [0.1, 0.15) is 92.4 Å². The fraction of sp³-hybridized carbons (Fsp3) is 0.900. The molecule has 0 radical (unpaired) electrons. The molecule has 4 fully saturated rings. The number of fused-ring (bicyclic) bond motifs is 5. The van der Waals surface area contributed by atoms with Gasteiger partial charge in [-0.1, -0.05) is 27.7 Å². The SMILES string of the molecule is CCOC(=O)O[C@@H]1CC[C@]2(C)[C@@H]3[C@@H](C(=O)[C@H](CC)[C@@H]2C1)[C@@H]1CC[C@H](C(C)CCC(=O)OC)[C@@]1(C)C[C@@H]3O. The molecule has 0 aromatic carbocycles. The number of ketones is 1. The molecular formula is C30H48O7. The van der Waals surface area contributed by atoms with Crippen molar-refractivity contribution in [1.29, 1.82) is 0 Å². The Morgan fingerprint density at radius 2 is 1.84 bits per heavy atom. The maximum Gasteiger partial charge on any atom is 0.508 e. The smallest absolute Gasteiger partial charge is 0.469 e. The summed E-state index contributed by atoms with van der Waals surface area (Å²) in [6, 6.07) is 0. The first-order valence-corrected chi connectivity index (χ1v) is 14.6. The molecule has 11 atom stereocenters. The zero-order valence-corrected chi connectivity index (χ0v) is 23.7. The van der Waals surface area contributed by atoms with Crippen LogP contribution in [0.2, 0.25) is 0 Å². The fourth-order valence-corrected chi connectivity index (χ4v) is 9.75. The Bertz CT molecular complexity index is 872. The molecule has 0 saturated heterocycles. The molecular weight excluding hydrogens is 472 g/mol. The molecule has 0 aliphatic heterocycles. The van der Waals surface area contributed by atoms with E-state index in [1.54, 1.807) is 6.92 Å². The number of Topliss-reactive ketones (excluding diaryl/α,β-unsaturated/α-hetero) is 1. The van der Waals surface area contributed by atoms with E-state index in [2.05, 4.69) is 27.7 Å². The summed E-state index contributed by atoms with van der Waals surface area (Å²) in [7, 11) is 1.43. The van der Waals surface area contributed by atoms with Gasteiger partial charge in [-0.2, -0.15) is 0 Å². The van der Waals surface area contributed by atoms with Crippen molar-refractivity contribution in [2.24, 2.45) is 52.3 Å². The van der Waals surface area contributed by atoms with Gasteiger partial charge in [0.05, 0.1) is 19.8 Å². The maximum absolute atomic E-state index is 14.3. The molecule has 0 aromatic heterocycles. The van der Waals surface area contributed by atoms with Crippen molar-refractivity contribution in [2.45, 2.75) is 105 Å². The lowest BCUT2D eigenvalue weighted by atomic mass is 9.41. The van der Waals surface area contributed by atoms with Gasteiger partial charge in [0.1, 0.15) is 11.9 Å². The number of methoxy groups -OCH3 is 1. The van der Waals surface area contributed by atoms with Crippen LogP contribution in [-0.2, 0) is 23.8 Å². The third kappa shape index (κ3) is 4.83. The van der Waals surface area contributed by atoms with Crippen molar-refractivity contribution in [3.05, 3.63) is 0 Å². The lowest BCUT2D eigenvalue weighted by Crippen LogP contribution is -2.64. The van der Waals surface area contributed by atoms with Crippen molar-refractivity contribution in [3.8, 4) is 0 Å².